The standard InChI is InChI=1S/C19H28N4O3S2/c1-15-5-7-17(8-6-15)28(25,26)22-18(9-12-27-3)19(24)20-10-4-11-23-14-16(2)13-21-23/h5-8,13-14,18,22H,4,9-12H2,1-3H3,(H,20,24). The van der Waals surface area contributed by atoms with Crippen molar-refractivity contribution in [2.24, 2.45) is 0 Å². The van der Waals surface area contributed by atoms with Crippen molar-refractivity contribution in [1.82, 2.24) is 19.8 Å². The number of nitrogens with zero attached hydrogens (tertiary/aromatic N) is 2. The van der Waals surface area contributed by atoms with Crippen LogP contribution in [0.3, 0.4) is 0 Å². The third kappa shape index (κ3) is 6.96. The molecule has 0 radical (unpaired) electrons. The zero-order valence-corrected chi connectivity index (χ0v) is 18.1. The van der Waals surface area contributed by atoms with E-state index in [9.17, 15) is 13.2 Å². The zero-order valence-electron chi connectivity index (χ0n) is 16.5. The van der Waals surface area contributed by atoms with E-state index in [1.54, 1.807) is 42.2 Å². The molecule has 1 heterocycles. The lowest BCUT2D eigenvalue weighted by atomic mass is 10.2. The molecule has 0 saturated heterocycles. The van der Waals surface area contributed by atoms with Crippen molar-refractivity contribution in [3.8, 4) is 0 Å². The minimum atomic E-state index is -3.76. The molecule has 2 rings (SSSR count). The van der Waals surface area contributed by atoms with E-state index >= 15 is 0 Å². The molecule has 0 aliphatic carbocycles. The lowest BCUT2D eigenvalue weighted by molar-refractivity contribution is -0.122. The first-order valence-corrected chi connectivity index (χ1v) is 12.0. The minimum absolute atomic E-state index is 0.161. The number of thioether (sulfide) groups is 1. The number of rotatable bonds is 11. The number of sulfonamides is 1. The van der Waals surface area contributed by atoms with E-state index in [-0.39, 0.29) is 10.8 Å². The fourth-order valence-corrected chi connectivity index (χ4v) is 4.32. The van der Waals surface area contributed by atoms with Gasteiger partial charge in [0.1, 0.15) is 6.04 Å². The summed E-state index contributed by atoms with van der Waals surface area (Å²) in [5.74, 6) is 0.377. The number of carbonyl (C=O) groups is 1. The SMILES string of the molecule is CSCCC(NS(=O)(=O)c1ccc(C)cc1)C(=O)NCCCn1cc(C)cn1. The van der Waals surface area contributed by atoms with Crippen LogP contribution in [0.25, 0.3) is 0 Å². The Morgan fingerprint density at radius 2 is 1.93 bits per heavy atom. The summed E-state index contributed by atoms with van der Waals surface area (Å²) in [5, 5.41) is 7.04. The summed E-state index contributed by atoms with van der Waals surface area (Å²) in [7, 11) is -3.76. The molecule has 0 aliphatic rings. The molecule has 2 aromatic rings. The molecule has 1 aromatic heterocycles. The van der Waals surface area contributed by atoms with Gasteiger partial charge in [0, 0.05) is 19.3 Å². The molecule has 1 unspecified atom stereocenters. The summed E-state index contributed by atoms with van der Waals surface area (Å²) >= 11 is 1.57. The van der Waals surface area contributed by atoms with Crippen molar-refractivity contribution in [2.45, 2.75) is 44.2 Å². The van der Waals surface area contributed by atoms with Gasteiger partial charge in [-0.3, -0.25) is 9.48 Å². The normalized spacial score (nSPS) is 12.7. The highest BCUT2D eigenvalue weighted by atomic mass is 32.2. The van der Waals surface area contributed by atoms with Crippen LogP contribution in [-0.2, 0) is 21.4 Å². The molecule has 154 valence electrons. The predicted octanol–water partition coefficient (Wildman–Crippen LogP) is 2.11. The first kappa shape index (κ1) is 22.4. The molecule has 7 nitrogen and oxygen atoms in total. The number of carbonyl (C=O) groups excluding carboxylic acids is 1. The van der Waals surface area contributed by atoms with Crippen LogP contribution in [0.2, 0.25) is 0 Å². The number of hydrogen-bond donors (Lipinski definition) is 2. The number of amides is 1. The smallest absolute Gasteiger partial charge is 0.241 e. The topological polar surface area (TPSA) is 93.1 Å². The van der Waals surface area contributed by atoms with Crippen molar-refractivity contribution in [2.75, 3.05) is 18.6 Å². The highest BCUT2D eigenvalue weighted by Crippen LogP contribution is 2.12. The van der Waals surface area contributed by atoms with Crippen molar-refractivity contribution in [1.29, 1.82) is 0 Å². The molecule has 1 amide bonds. The van der Waals surface area contributed by atoms with Gasteiger partial charge in [-0.2, -0.15) is 21.6 Å². The highest BCUT2D eigenvalue weighted by molar-refractivity contribution is 7.98. The Balaban J connectivity index is 1.93. The molecule has 0 spiro atoms. The minimum Gasteiger partial charge on any atom is -0.355 e. The van der Waals surface area contributed by atoms with Gasteiger partial charge in [0.2, 0.25) is 15.9 Å². The summed E-state index contributed by atoms with van der Waals surface area (Å²) in [6, 6.07) is 5.77. The van der Waals surface area contributed by atoms with Crippen LogP contribution in [-0.4, -0.2) is 48.7 Å². The van der Waals surface area contributed by atoms with E-state index in [2.05, 4.69) is 15.1 Å². The van der Waals surface area contributed by atoms with Crippen LogP contribution in [0.5, 0.6) is 0 Å². The number of aromatic nitrogens is 2. The van der Waals surface area contributed by atoms with Gasteiger partial charge in [-0.05, 0) is 56.4 Å². The first-order valence-electron chi connectivity index (χ1n) is 9.16. The molecule has 0 fully saturated rings. The Morgan fingerprint density at radius 3 is 2.54 bits per heavy atom. The average molecular weight is 425 g/mol. The third-order valence-electron chi connectivity index (χ3n) is 4.18. The van der Waals surface area contributed by atoms with E-state index in [0.717, 1.165) is 11.1 Å². The van der Waals surface area contributed by atoms with Gasteiger partial charge in [-0.15, -0.1) is 0 Å². The van der Waals surface area contributed by atoms with Gasteiger partial charge in [0.15, 0.2) is 0 Å². The van der Waals surface area contributed by atoms with E-state index in [1.807, 2.05) is 31.0 Å². The number of nitrogens with one attached hydrogen (secondary N) is 2. The van der Waals surface area contributed by atoms with Gasteiger partial charge >= 0.3 is 0 Å². The summed E-state index contributed by atoms with van der Waals surface area (Å²) in [6.07, 6.45) is 6.80. The number of benzene rings is 1. The summed E-state index contributed by atoms with van der Waals surface area (Å²) in [5.41, 5.74) is 2.06. The zero-order chi connectivity index (χ0) is 20.6. The van der Waals surface area contributed by atoms with Crippen LogP contribution in [0, 0.1) is 13.8 Å². The Kier molecular flexibility index (Phi) is 8.53. The molecular formula is C19H28N4O3S2. The monoisotopic (exact) mass is 424 g/mol. The van der Waals surface area contributed by atoms with Gasteiger partial charge in [-0.1, -0.05) is 17.7 Å². The van der Waals surface area contributed by atoms with E-state index < -0.39 is 16.1 Å². The van der Waals surface area contributed by atoms with Gasteiger partial charge in [-0.25, -0.2) is 8.42 Å². The predicted molar refractivity (Wildman–Crippen MR) is 113 cm³/mol. The Bertz CT molecular complexity index is 864. The molecule has 2 N–H and O–H groups in total. The van der Waals surface area contributed by atoms with Gasteiger partial charge in [0.25, 0.3) is 0 Å². The fourth-order valence-electron chi connectivity index (χ4n) is 2.62. The number of hydrogen-bond acceptors (Lipinski definition) is 5. The molecule has 1 atom stereocenters. The molecule has 0 bridgehead atoms. The molecule has 28 heavy (non-hydrogen) atoms. The van der Waals surface area contributed by atoms with Crippen molar-refractivity contribution in [3.05, 3.63) is 47.8 Å². The van der Waals surface area contributed by atoms with E-state index in [1.165, 1.54) is 0 Å². The van der Waals surface area contributed by atoms with Crippen LogP contribution in [0.4, 0.5) is 0 Å². The fraction of sp³-hybridized carbons (Fsp3) is 0.474. The van der Waals surface area contributed by atoms with Crippen LogP contribution in [0.15, 0.2) is 41.6 Å². The lowest BCUT2D eigenvalue weighted by Gasteiger charge is -2.18. The van der Waals surface area contributed by atoms with Crippen LogP contribution in [0.1, 0.15) is 24.0 Å². The molecule has 9 heteroatoms. The maximum absolute atomic E-state index is 12.6. The second kappa shape index (κ2) is 10.6. The maximum atomic E-state index is 12.6. The molecular weight excluding hydrogens is 396 g/mol. The highest BCUT2D eigenvalue weighted by Gasteiger charge is 2.25. The second-order valence-electron chi connectivity index (χ2n) is 6.69. The van der Waals surface area contributed by atoms with Crippen molar-refractivity contribution >= 4 is 27.7 Å². The Morgan fingerprint density at radius 1 is 1.21 bits per heavy atom. The average Bonchev–Trinajstić information content (AvgIpc) is 3.07. The third-order valence-corrected chi connectivity index (χ3v) is 6.31. The van der Waals surface area contributed by atoms with Gasteiger partial charge in [0.05, 0.1) is 11.1 Å². The lowest BCUT2D eigenvalue weighted by Crippen LogP contribution is -2.47. The Labute approximate surface area is 171 Å². The maximum Gasteiger partial charge on any atom is 0.241 e. The van der Waals surface area contributed by atoms with Crippen molar-refractivity contribution in [3.63, 3.8) is 0 Å². The van der Waals surface area contributed by atoms with Crippen LogP contribution < -0.4 is 10.0 Å². The Hall–Kier alpha value is -1.84. The van der Waals surface area contributed by atoms with Crippen LogP contribution >= 0.6 is 11.8 Å². The quantitative estimate of drug-likeness (QED) is 0.539. The first-order chi connectivity index (χ1) is 13.3. The summed E-state index contributed by atoms with van der Waals surface area (Å²) in [4.78, 5) is 12.7. The van der Waals surface area contributed by atoms with Crippen molar-refractivity contribution < 1.29 is 13.2 Å². The second-order valence-corrected chi connectivity index (χ2v) is 9.39. The van der Waals surface area contributed by atoms with E-state index in [4.69, 9.17) is 0 Å². The van der Waals surface area contributed by atoms with Gasteiger partial charge < -0.3 is 5.32 Å². The molecule has 0 saturated carbocycles. The van der Waals surface area contributed by atoms with E-state index in [0.29, 0.717) is 31.7 Å². The number of aryl methyl sites for hydroxylation is 3. The molecule has 0 aliphatic heterocycles. The molecule has 1 aromatic carbocycles. The summed E-state index contributed by atoms with van der Waals surface area (Å²) in [6.45, 7) is 5.02. The largest absolute Gasteiger partial charge is 0.355 e. The summed E-state index contributed by atoms with van der Waals surface area (Å²) < 4.78 is 29.6.